The topological polar surface area (TPSA) is 77.0 Å². The van der Waals surface area contributed by atoms with Gasteiger partial charge in [0.25, 0.3) is 5.91 Å². The Labute approximate surface area is 168 Å². The van der Waals surface area contributed by atoms with Gasteiger partial charge in [-0.15, -0.1) is 0 Å². The third-order valence-electron chi connectivity index (χ3n) is 4.08. The van der Waals surface area contributed by atoms with Crippen molar-refractivity contribution in [3.8, 4) is 11.5 Å². The number of nitrogens with one attached hydrogen (secondary N) is 1. The molecule has 6 heteroatoms. The first kappa shape index (κ1) is 19.8. The van der Waals surface area contributed by atoms with Gasteiger partial charge in [-0.05, 0) is 73.2 Å². The second kappa shape index (κ2) is 9.32. The molecule has 0 unspecified atom stereocenters. The highest BCUT2D eigenvalue weighted by Gasteiger charge is 2.08. The van der Waals surface area contributed by atoms with Crippen molar-refractivity contribution in [2.24, 2.45) is 5.10 Å². The van der Waals surface area contributed by atoms with E-state index in [1.165, 1.54) is 6.21 Å². The summed E-state index contributed by atoms with van der Waals surface area (Å²) in [5.41, 5.74) is 5.21. The Hall–Kier alpha value is -3.93. The lowest BCUT2D eigenvalue weighted by Gasteiger charge is -2.05. The maximum atomic E-state index is 12.2. The molecule has 0 bridgehead atoms. The molecule has 1 amide bonds. The van der Waals surface area contributed by atoms with Gasteiger partial charge >= 0.3 is 5.97 Å². The molecule has 3 rings (SSSR count). The van der Waals surface area contributed by atoms with Crippen molar-refractivity contribution in [2.45, 2.75) is 6.92 Å². The van der Waals surface area contributed by atoms with Crippen molar-refractivity contribution in [3.63, 3.8) is 0 Å². The molecule has 0 aliphatic heterocycles. The van der Waals surface area contributed by atoms with E-state index in [-0.39, 0.29) is 5.91 Å². The van der Waals surface area contributed by atoms with Crippen LogP contribution in [0.3, 0.4) is 0 Å². The number of rotatable bonds is 6. The summed E-state index contributed by atoms with van der Waals surface area (Å²) in [4.78, 5) is 24.2. The average molecular weight is 388 g/mol. The van der Waals surface area contributed by atoms with Gasteiger partial charge in [-0.1, -0.05) is 17.7 Å². The summed E-state index contributed by atoms with van der Waals surface area (Å²) < 4.78 is 10.4. The third-order valence-corrected chi connectivity index (χ3v) is 4.08. The molecular weight excluding hydrogens is 368 g/mol. The molecule has 0 atom stereocenters. The Morgan fingerprint density at radius 2 is 1.59 bits per heavy atom. The molecule has 1 N–H and O–H groups in total. The van der Waals surface area contributed by atoms with Crippen LogP contribution in [0.5, 0.6) is 11.5 Å². The lowest BCUT2D eigenvalue weighted by Crippen LogP contribution is -2.17. The Bertz CT molecular complexity index is 1030. The van der Waals surface area contributed by atoms with Gasteiger partial charge in [0.05, 0.1) is 18.9 Å². The summed E-state index contributed by atoms with van der Waals surface area (Å²) in [7, 11) is 1.56. The average Bonchev–Trinajstić information content (AvgIpc) is 2.75. The summed E-state index contributed by atoms with van der Waals surface area (Å²) in [6, 6.07) is 20.7. The van der Waals surface area contributed by atoms with E-state index >= 15 is 0 Å². The maximum Gasteiger partial charge on any atom is 0.343 e. The van der Waals surface area contributed by atoms with E-state index in [0.717, 1.165) is 11.1 Å². The van der Waals surface area contributed by atoms with E-state index in [1.807, 2.05) is 19.1 Å². The van der Waals surface area contributed by atoms with E-state index in [1.54, 1.807) is 67.8 Å². The van der Waals surface area contributed by atoms with Crippen molar-refractivity contribution in [1.29, 1.82) is 0 Å². The molecule has 3 aromatic rings. The number of carbonyl (C=O) groups excluding carboxylic acids is 2. The van der Waals surface area contributed by atoms with Crippen LogP contribution in [0.15, 0.2) is 77.9 Å². The van der Waals surface area contributed by atoms with Gasteiger partial charge in [-0.25, -0.2) is 10.2 Å². The molecule has 0 aromatic heterocycles. The highest BCUT2D eigenvalue weighted by molar-refractivity contribution is 5.95. The third kappa shape index (κ3) is 5.52. The van der Waals surface area contributed by atoms with Crippen LogP contribution in [0.25, 0.3) is 0 Å². The fourth-order valence-electron chi connectivity index (χ4n) is 2.53. The molecule has 29 heavy (non-hydrogen) atoms. The lowest BCUT2D eigenvalue weighted by atomic mass is 10.1. The summed E-state index contributed by atoms with van der Waals surface area (Å²) >= 11 is 0. The Morgan fingerprint density at radius 1 is 0.897 bits per heavy atom. The molecule has 0 aliphatic rings. The van der Waals surface area contributed by atoms with Crippen LogP contribution < -0.4 is 14.9 Å². The fourth-order valence-corrected chi connectivity index (χ4v) is 2.53. The number of nitrogens with zero attached hydrogens (tertiary/aromatic N) is 1. The number of carbonyl (C=O) groups is 2. The van der Waals surface area contributed by atoms with E-state index < -0.39 is 5.97 Å². The van der Waals surface area contributed by atoms with Gasteiger partial charge in [0.15, 0.2) is 0 Å². The predicted octanol–water partition coefficient (Wildman–Crippen LogP) is 3.99. The zero-order valence-corrected chi connectivity index (χ0v) is 16.1. The predicted molar refractivity (Wildman–Crippen MR) is 111 cm³/mol. The molecule has 6 nitrogen and oxygen atoms in total. The summed E-state index contributed by atoms with van der Waals surface area (Å²) in [6.07, 6.45) is 1.52. The SMILES string of the molecule is COc1ccc(C(=O)Oc2ccc(/C=N/NC(=O)c3cccc(C)c3)cc2)cc1. The van der Waals surface area contributed by atoms with Crippen molar-refractivity contribution in [2.75, 3.05) is 7.11 Å². The summed E-state index contributed by atoms with van der Waals surface area (Å²) in [5, 5.41) is 3.96. The minimum absolute atomic E-state index is 0.282. The van der Waals surface area contributed by atoms with E-state index in [0.29, 0.717) is 22.6 Å². The van der Waals surface area contributed by atoms with Crippen LogP contribution in [0.2, 0.25) is 0 Å². The molecule has 146 valence electrons. The molecule has 0 radical (unpaired) electrons. The number of methoxy groups -OCH3 is 1. The largest absolute Gasteiger partial charge is 0.497 e. The van der Waals surface area contributed by atoms with Crippen molar-refractivity contribution in [3.05, 3.63) is 95.1 Å². The van der Waals surface area contributed by atoms with Crippen LogP contribution >= 0.6 is 0 Å². The van der Waals surface area contributed by atoms with Crippen molar-refractivity contribution in [1.82, 2.24) is 5.43 Å². The van der Waals surface area contributed by atoms with E-state index in [4.69, 9.17) is 9.47 Å². The Balaban J connectivity index is 1.56. The molecule has 0 heterocycles. The maximum absolute atomic E-state index is 12.2. The minimum Gasteiger partial charge on any atom is -0.497 e. The molecule has 0 fully saturated rings. The number of hydrogen-bond acceptors (Lipinski definition) is 5. The molecule has 3 aromatic carbocycles. The number of amides is 1. The second-order valence-electron chi connectivity index (χ2n) is 6.26. The zero-order chi connectivity index (χ0) is 20.6. The van der Waals surface area contributed by atoms with Gasteiger partial charge in [0.2, 0.25) is 0 Å². The smallest absolute Gasteiger partial charge is 0.343 e. The van der Waals surface area contributed by atoms with Crippen molar-refractivity contribution < 1.29 is 19.1 Å². The summed E-state index contributed by atoms with van der Waals surface area (Å²) in [6.45, 7) is 1.92. The van der Waals surface area contributed by atoms with Crippen molar-refractivity contribution >= 4 is 18.1 Å². The Kier molecular flexibility index (Phi) is 6.37. The number of ether oxygens (including phenoxy) is 2. The highest BCUT2D eigenvalue weighted by atomic mass is 16.5. The summed E-state index contributed by atoms with van der Waals surface area (Å²) in [5.74, 6) is 0.334. The molecule has 0 saturated carbocycles. The van der Waals surface area contributed by atoms with E-state index in [2.05, 4.69) is 10.5 Å². The van der Waals surface area contributed by atoms with E-state index in [9.17, 15) is 9.59 Å². The standard InChI is InChI=1S/C23H20N2O4/c1-16-4-3-5-19(14-16)22(26)25-24-15-17-6-10-21(11-7-17)29-23(27)18-8-12-20(28-2)13-9-18/h3-15H,1-2H3,(H,25,26)/b24-15+. The lowest BCUT2D eigenvalue weighted by molar-refractivity contribution is 0.0734. The number of aryl methyl sites for hydroxylation is 1. The first-order chi connectivity index (χ1) is 14.0. The number of benzene rings is 3. The molecule has 0 spiro atoms. The van der Waals surface area contributed by atoms with Crippen LogP contribution in [-0.4, -0.2) is 25.2 Å². The number of hydrogen-bond donors (Lipinski definition) is 1. The number of hydrazone groups is 1. The van der Waals surface area contributed by atoms with Crippen LogP contribution in [0.1, 0.15) is 31.8 Å². The van der Waals surface area contributed by atoms with Gasteiger partial charge in [-0.2, -0.15) is 5.10 Å². The van der Waals surface area contributed by atoms with Gasteiger partial charge in [0, 0.05) is 5.56 Å². The minimum atomic E-state index is -0.459. The monoisotopic (exact) mass is 388 g/mol. The van der Waals surface area contributed by atoms with Gasteiger partial charge < -0.3 is 9.47 Å². The highest BCUT2D eigenvalue weighted by Crippen LogP contribution is 2.16. The first-order valence-electron chi connectivity index (χ1n) is 8.91. The van der Waals surface area contributed by atoms with Gasteiger partial charge in [-0.3, -0.25) is 4.79 Å². The molecule has 0 aliphatic carbocycles. The van der Waals surface area contributed by atoms with Crippen LogP contribution in [0.4, 0.5) is 0 Å². The zero-order valence-electron chi connectivity index (χ0n) is 16.1. The first-order valence-corrected chi connectivity index (χ1v) is 8.91. The van der Waals surface area contributed by atoms with Crippen LogP contribution in [-0.2, 0) is 0 Å². The fraction of sp³-hybridized carbons (Fsp3) is 0.0870. The number of esters is 1. The Morgan fingerprint density at radius 3 is 2.24 bits per heavy atom. The molecular formula is C23H20N2O4. The second-order valence-corrected chi connectivity index (χ2v) is 6.26. The molecule has 0 saturated heterocycles. The quantitative estimate of drug-likeness (QED) is 0.300. The van der Waals surface area contributed by atoms with Gasteiger partial charge in [0.1, 0.15) is 11.5 Å². The normalized spacial score (nSPS) is 10.6. The van der Waals surface area contributed by atoms with Crippen LogP contribution in [0, 0.1) is 6.92 Å².